The summed E-state index contributed by atoms with van der Waals surface area (Å²) in [4.78, 5) is 75.0. The van der Waals surface area contributed by atoms with Gasteiger partial charge in [0.2, 0.25) is 11.9 Å². The number of hydrogen-bond donors (Lipinski definition) is 8. The highest BCUT2D eigenvalue weighted by atomic mass is 31.2. The first-order chi connectivity index (χ1) is 24.0. The van der Waals surface area contributed by atoms with E-state index < -0.39 is 95.2 Å². The highest BCUT2D eigenvalue weighted by Crippen LogP contribution is 2.50. The molecule has 2 aliphatic heterocycles. The van der Waals surface area contributed by atoms with Gasteiger partial charge in [-0.05, 0) is 13.8 Å². The predicted molar refractivity (Wildman–Crippen MR) is 168 cm³/mol. The van der Waals surface area contributed by atoms with E-state index in [1.165, 1.54) is 22.6 Å². The van der Waals surface area contributed by atoms with Gasteiger partial charge < -0.3 is 50.2 Å². The van der Waals surface area contributed by atoms with Crippen molar-refractivity contribution in [1.82, 2.24) is 39.0 Å². The fourth-order valence-electron chi connectivity index (χ4n) is 5.79. The topological polar surface area (TPSA) is 359 Å². The number of nitrogens with one attached hydrogen (secondary N) is 2. The zero-order valence-electron chi connectivity index (χ0n) is 26.8. The van der Waals surface area contributed by atoms with Crippen LogP contribution in [-0.4, -0.2) is 122 Å². The van der Waals surface area contributed by atoms with E-state index in [0.717, 1.165) is 6.33 Å². The van der Waals surface area contributed by atoms with Gasteiger partial charge in [0.05, 0.1) is 32.0 Å². The normalized spacial score (nSPS) is 28.3. The number of phosphoric acid groups is 2. The number of imidazole rings is 2. The van der Waals surface area contributed by atoms with Gasteiger partial charge in [0.15, 0.2) is 34.8 Å². The summed E-state index contributed by atoms with van der Waals surface area (Å²) in [7, 11) is -9.05. The van der Waals surface area contributed by atoms with E-state index in [1.807, 2.05) is 0 Å². The predicted octanol–water partition coefficient (Wildman–Crippen LogP) is -2.01. The van der Waals surface area contributed by atoms with Crippen molar-refractivity contribution in [3.8, 4) is 0 Å². The molecular weight excluding hydrogens is 730 g/mol. The van der Waals surface area contributed by atoms with E-state index in [9.17, 15) is 38.5 Å². The molecule has 4 aromatic rings. The van der Waals surface area contributed by atoms with Crippen molar-refractivity contribution in [3.63, 3.8) is 0 Å². The molecule has 0 spiro atoms. The molecule has 10 N–H and O–H groups in total. The maximum absolute atomic E-state index is 13.5. The molecule has 0 amide bonds. The van der Waals surface area contributed by atoms with Crippen molar-refractivity contribution >= 4 is 49.9 Å². The summed E-state index contributed by atoms with van der Waals surface area (Å²) in [5, 5.41) is 11.2. The standard InChI is InChI=1S/C24H34N10O15P2/c1-8(2)46-14-9(47-21(13(14)35)33-6-27-11-17(33)29-23(25)31-19(11)36)5-45-51(41,42)49-15-10(4-44-50(38,39)40)48-22(16(15)43-3)34-7-28-12-18(34)30-24(26)32-20(12)37/h6-10,13-16,21-22,35H,4-5H2,1-3H3,(H,41,42)(H2,38,39,40)(H3,25,29,31,36)(H3,26,30,32,37)/t9-,10-,13?,14+,15+,16?,21-,22-/m1/s1. The number of anilines is 2. The molecule has 0 radical (unpaired) electrons. The summed E-state index contributed by atoms with van der Waals surface area (Å²) in [5.74, 6) is -0.484. The van der Waals surface area contributed by atoms with Crippen LogP contribution in [-0.2, 0) is 41.6 Å². The number of ether oxygens (including phenoxy) is 4. The van der Waals surface area contributed by atoms with Crippen LogP contribution in [0.2, 0.25) is 0 Å². The molecule has 4 aromatic heterocycles. The summed E-state index contributed by atoms with van der Waals surface area (Å²) in [6.07, 6.45) is -8.95. The summed E-state index contributed by atoms with van der Waals surface area (Å²) in [5.41, 5.74) is 9.75. The molecule has 0 bridgehead atoms. The Labute approximate surface area is 284 Å². The average Bonchev–Trinajstić information content (AvgIpc) is 3.79. The molecule has 0 aliphatic carbocycles. The maximum Gasteiger partial charge on any atom is 0.472 e. The average molecular weight is 765 g/mol. The minimum Gasteiger partial charge on any atom is -0.386 e. The Balaban J connectivity index is 1.24. The lowest BCUT2D eigenvalue weighted by atomic mass is 10.1. The van der Waals surface area contributed by atoms with E-state index in [1.54, 1.807) is 13.8 Å². The maximum atomic E-state index is 13.5. The minimum absolute atomic E-state index is 0.0144. The third kappa shape index (κ3) is 7.61. The number of nitrogen functional groups attached to an aromatic ring is 2. The molecule has 280 valence electrons. The third-order valence-electron chi connectivity index (χ3n) is 7.81. The van der Waals surface area contributed by atoms with Crippen molar-refractivity contribution in [2.75, 3.05) is 31.8 Å². The molecule has 27 heteroatoms. The van der Waals surface area contributed by atoms with Crippen molar-refractivity contribution in [2.24, 2.45) is 0 Å². The van der Waals surface area contributed by atoms with Crippen molar-refractivity contribution < 1.29 is 61.4 Å². The Bertz CT molecular complexity index is 2120. The molecule has 0 saturated carbocycles. The Morgan fingerprint density at radius 3 is 1.90 bits per heavy atom. The number of phosphoric ester groups is 2. The molecular formula is C24H34N10O15P2. The number of H-pyrrole nitrogens is 2. The molecule has 2 saturated heterocycles. The van der Waals surface area contributed by atoms with Crippen LogP contribution in [0.1, 0.15) is 26.3 Å². The van der Waals surface area contributed by atoms with E-state index in [2.05, 4.69) is 34.4 Å². The number of aliphatic hydroxyl groups is 1. The van der Waals surface area contributed by atoms with E-state index in [0.29, 0.717) is 0 Å². The van der Waals surface area contributed by atoms with Crippen LogP contribution in [0.5, 0.6) is 0 Å². The number of fused-ring (bicyclic) bond motifs is 2. The highest BCUT2D eigenvalue weighted by Gasteiger charge is 2.52. The van der Waals surface area contributed by atoms with Crippen LogP contribution < -0.4 is 22.6 Å². The molecule has 2 aliphatic rings. The van der Waals surface area contributed by atoms with Crippen molar-refractivity contribution in [3.05, 3.63) is 33.4 Å². The van der Waals surface area contributed by atoms with E-state index in [-0.39, 0.29) is 34.2 Å². The van der Waals surface area contributed by atoms with E-state index in [4.69, 9.17) is 39.5 Å². The molecule has 9 atom stereocenters. The number of aliphatic hydroxyl groups excluding tert-OH is 1. The summed E-state index contributed by atoms with van der Waals surface area (Å²) in [6.45, 7) is 1.78. The van der Waals surface area contributed by atoms with Gasteiger partial charge in [-0.1, -0.05) is 0 Å². The lowest BCUT2D eigenvalue weighted by Gasteiger charge is -2.26. The molecule has 6 rings (SSSR count). The third-order valence-corrected chi connectivity index (χ3v) is 9.28. The lowest BCUT2D eigenvalue weighted by molar-refractivity contribution is -0.0814. The van der Waals surface area contributed by atoms with Gasteiger partial charge in [-0.3, -0.25) is 42.3 Å². The second-order valence-corrected chi connectivity index (χ2v) is 14.3. The van der Waals surface area contributed by atoms with Crippen molar-refractivity contribution in [2.45, 2.75) is 69.0 Å². The fourth-order valence-corrected chi connectivity index (χ4v) is 7.09. The number of hydrogen-bond acceptors (Lipinski definition) is 18. The Morgan fingerprint density at radius 1 is 0.863 bits per heavy atom. The summed E-state index contributed by atoms with van der Waals surface area (Å²) >= 11 is 0. The number of methoxy groups -OCH3 is 1. The van der Waals surface area contributed by atoms with Gasteiger partial charge in [0.1, 0.15) is 36.6 Å². The SMILES string of the molecule is COC1[C@@H](OP(=O)(O)OC[C@H]2O[C@@H](n3cnc4c(=O)[nH]c(N)nc43)C(O)[C@H]2OC(C)C)[C@@H](COP(=O)(O)O)O[C@H]1n1cnc2c(=O)[nH]c(N)nc21. The van der Waals surface area contributed by atoms with Crippen LogP contribution in [0.4, 0.5) is 11.9 Å². The molecule has 2 fully saturated rings. The molecule has 25 nitrogen and oxygen atoms in total. The number of aromatic amines is 2. The first-order valence-electron chi connectivity index (χ1n) is 14.9. The minimum atomic E-state index is -5.16. The zero-order valence-corrected chi connectivity index (χ0v) is 28.6. The van der Waals surface area contributed by atoms with Crippen LogP contribution in [0.25, 0.3) is 22.3 Å². The van der Waals surface area contributed by atoms with Gasteiger partial charge in [-0.15, -0.1) is 0 Å². The number of rotatable bonds is 13. The summed E-state index contributed by atoms with van der Waals surface area (Å²) in [6, 6.07) is 0. The number of nitrogens with zero attached hydrogens (tertiary/aromatic N) is 6. The molecule has 3 unspecified atom stereocenters. The van der Waals surface area contributed by atoms with E-state index >= 15 is 0 Å². The zero-order chi connectivity index (χ0) is 37.0. The highest BCUT2D eigenvalue weighted by molar-refractivity contribution is 7.47. The van der Waals surface area contributed by atoms with Gasteiger partial charge in [0.25, 0.3) is 11.1 Å². The first-order valence-corrected chi connectivity index (χ1v) is 18.0. The van der Waals surface area contributed by atoms with Crippen LogP contribution in [0.15, 0.2) is 22.2 Å². The smallest absolute Gasteiger partial charge is 0.386 e. The van der Waals surface area contributed by atoms with Gasteiger partial charge in [-0.25, -0.2) is 19.1 Å². The lowest BCUT2D eigenvalue weighted by Crippen LogP contribution is -2.39. The number of nitrogens with two attached hydrogens (primary N) is 2. The van der Waals surface area contributed by atoms with Crippen LogP contribution >= 0.6 is 15.6 Å². The van der Waals surface area contributed by atoms with Crippen molar-refractivity contribution in [1.29, 1.82) is 0 Å². The Hall–Kier alpha value is -3.68. The fraction of sp³-hybridized carbons (Fsp3) is 0.583. The molecule has 51 heavy (non-hydrogen) atoms. The second-order valence-electron chi connectivity index (χ2n) is 11.6. The number of aromatic nitrogens is 8. The Morgan fingerprint density at radius 2 is 1.37 bits per heavy atom. The van der Waals surface area contributed by atoms with Gasteiger partial charge in [0, 0.05) is 7.11 Å². The molecule has 6 heterocycles. The monoisotopic (exact) mass is 764 g/mol. The first kappa shape index (κ1) is 37.1. The largest absolute Gasteiger partial charge is 0.472 e. The molecule has 0 aromatic carbocycles. The van der Waals surface area contributed by atoms with Gasteiger partial charge in [-0.2, -0.15) is 9.97 Å². The Kier molecular flexibility index (Phi) is 10.2. The summed E-state index contributed by atoms with van der Waals surface area (Å²) < 4.78 is 66.1. The quantitative estimate of drug-likeness (QED) is 0.0682. The van der Waals surface area contributed by atoms with Crippen LogP contribution in [0, 0.1) is 0 Å². The van der Waals surface area contributed by atoms with Gasteiger partial charge >= 0.3 is 15.6 Å². The van der Waals surface area contributed by atoms with Crippen LogP contribution in [0.3, 0.4) is 0 Å². The second kappa shape index (κ2) is 14.0.